The van der Waals surface area contributed by atoms with Gasteiger partial charge in [-0.2, -0.15) is 4.31 Å². The SMILES string of the molecule is Cc1ccc(S(=O)(=O)N2CCCC(C(C)C(=O)OC(C)(C)C)CC2)nc1. The zero-order valence-electron chi connectivity index (χ0n) is 16.4. The highest BCUT2D eigenvalue weighted by atomic mass is 32.2. The molecule has 0 aromatic carbocycles. The van der Waals surface area contributed by atoms with Gasteiger partial charge in [0.1, 0.15) is 5.60 Å². The lowest BCUT2D eigenvalue weighted by molar-refractivity contribution is -0.161. The van der Waals surface area contributed by atoms with Crippen LogP contribution in [0.15, 0.2) is 23.4 Å². The Bertz CT molecular complexity index is 723. The average molecular weight is 383 g/mol. The van der Waals surface area contributed by atoms with Gasteiger partial charge in [-0.15, -0.1) is 0 Å². The number of ether oxygens (including phenoxy) is 1. The maximum absolute atomic E-state index is 12.8. The second-order valence-electron chi connectivity index (χ2n) is 8.09. The van der Waals surface area contributed by atoms with Gasteiger partial charge in [-0.25, -0.2) is 13.4 Å². The number of sulfonamides is 1. The van der Waals surface area contributed by atoms with Crippen molar-refractivity contribution in [2.75, 3.05) is 13.1 Å². The molecule has 2 rings (SSSR count). The van der Waals surface area contributed by atoms with E-state index in [1.165, 1.54) is 4.31 Å². The summed E-state index contributed by atoms with van der Waals surface area (Å²) in [5.74, 6) is -0.329. The van der Waals surface area contributed by atoms with E-state index in [9.17, 15) is 13.2 Å². The molecule has 0 bridgehead atoms. The summed E-state index contributed by atoms with van der Waals surface area (Å²) < 4.78 is 32.6. The maximum atomic E-state index is 12.8. The minimum atomic E-state index is -3.59. The first-order chi connectivity index (χ1) is 12.0. The normalized spacial score (nSPS) is 21.0. The Morgan fingerprint density at radius 3 is 2.54 bits per heavy atom. The zero-order valence-corrected chi connectivity index (χ0v) is 17.2. The van der Waals surface area contributed by atoms with Gasteiger partial charge < -0.3 is 4.74 Å². The Balaban J connectivity index is 2.05. The van der Waals surface area contributed by atoms with Gasteiger partial charge in [0.05, 0.1) is 5.92 Å². The topological polar surface area (TPSA) is 76.6 Å². The first kappa shape index (κ1) is 20.8. The van der Waals surface area contributed by atoms with Crippen molar-refractivity contribution in [2.24, 2.45) is 11.8 Å². The monoisotopic (exact) mass is 382 g/mol. The van der Waals surface area contributed by atoms with Crippen LogP contribution in [0.5, 0.6) is 0 Å². The van der Waals surface area contributed by atoms with Gasteiger partial charge in [0.25, 0.3) is 10.0 Å². The fourth-order valence-corrected chi connectivity index (χ4v) is 4.57. The standard InChI is InChI=1S/C19H30N2O4S/c1-14-8-9-17(20-13-14)26(23,24)21-11-6-7-16(10-12-21)15(2)18(22)25-19(3,4)5/h8-9,13,15-16H,6-7,10-12H2,1-5H3. The molecule has 2 unspecified atom stereocenters. The number of rotatable bonds is 4. The Kier molecular flexibility index (Phi) is 6.45. The Labute approximate surface area is 157 Å². The lowest BCUT2D eigenvalue weighted by Gasteiger charge is -2.26. The second-order valence-corrected chi connectivity index (χ2v) is 9.98. The molecule has 1 fully saturated rings. The van der Waals surface area contributed by atoms with Crippen molar-refractivity contribution < 1.29 is 17.9 Å². The van der Waals surface area contributed by atoms with E-state index in [4.69, 9.17) is 4.74 Å². The molecule has 0 spiro atoms. The van der Waals surface area contributed by atoms with Crippen LogP contribution in [0.3, 0.4) is 0 Å². The number of esters is 1. The van der Waals surface area contributed by atoms with Crippen LogP contribution < -0.4 is 0 Å². The van der Waals surface area contributed by atoms with Crippen LogP contribution in [0.1, 0.15) is 52.5 Å². The molecule has 146 valence electrons. The van der Waals surface area contributed by atoms with Crippen LogP contribution >= 0.6 is 0 Å². The van der Waals surface area contributed by atoms with Crippen LogP contribution in [0.2, 0.25) is 0 Å². The van der Waals surface area contributed by atoms with Crippen LogP contribution in [0.4, 0.5) is 0 Å². The number of carbonyl (C=O) groups excluding carboxylic acids is 1. The molecule has 1 aromatic heterocycles. The molecule has 7 heteroatoms. The molecule has 0 amide bonds. The van der Waals surface area contributed by atoms with Crippen LogP contribution in [-0.4, -0.2) is 42.4 Å². The fourth-order valence-electron chi connectivity index (χ4n) is 3.16. The second kappa shape index (κ2) is 8.05. The number of hydrogen-bond donors (Lipinski definition) is 0. The van der Waals surface area contributed by atoms with Gasteiger partial charge in [-0.05, 0) is 64.5 Å². The van der Waals surface area contributed by atoms with E-state index < -0.39 is 15.6 Å². The molecule has 26 heavy (non-hydrogen) atoms. The summed E-state index contributed by atoms with van der Waals surface area (Å²) in [7, 11) is -3.59. The summed E-state index contributed by atoms with van der Waals surface area (Å²) in [5.41, 5.74) is 0.411. The van der Waals surface area contributed by atoms with E-state index in [1.54, 1.807) is 18.3 Å². The Morgan fingerprint density at radius 1 is 1.27 bits per heavy atom. The number of nitrogens with zero attached hydrogens (tertiary/aromatic N) is 2. The van der Waals surface area contributed by atoms with Crippen molar-refractivity contribution in [1.29, 1.82) is 0 Å². The summed E-state index contributed by atoms with van der Waals surface area (Å²) >= 11 is 0. The molecule has 6 nitrogen and oxygen atoms in total. The van der Waals surface area contributed by atoms with Crippen molar-refractivity contribution >= 4 is 16.0 Å². The highest BCUT2D eigenvalue weighted by Crippen LogP contribution is 2.29. The first-order valence-corrected chi connectivity index (χ1v) is 10.6. The smallest absolute Gasteiger partial charge is 0.309 e. The summed E-state index contributed by atoms with van der Waals surface area (Å²) in [4.78, 5) is 16.4. The summed E-state index contributed by atoms with van der Waals surface area (Å²) in [5, 5.41) is 0.0849. The Morgan fingerprint density at radius 2 is 1.96 bits per heavy atom. The van der Waals surface area contributed by atoms with Crippen molar-refractivity contribution in [3.8, 4) is 0 Å². The van der Waals surface area contributed by atoms with E-state index in [0.717, 1.165) is 18.4 Å². The zero-order chi connectivity index (χ0) is 19.5. The van der Waals surface area contributed by atoms with E-state index in [-0.39, 0.29) is 22.8 Å². The largest absolute Gasteiger partial charge is 0.460 e. The lowest BCUT2D eigenvalue weighted by atomic mass is 9.87. The number of carbonyl (C=O) groups is 1. The maximum Gasteiger partial charge on any atom is 0.309 e. The van der Waals surface area contributed by atoms with Crippen molar-refractivity contribution in [2.45, 2.75) is 64.5 Å². The van der Waals surface area contributed by atoms with Crippen molar-refractivity contribution in [3.05, 3.63) is 23.9 Å². The minimum Gasteiger partial charge on any atom is -0.460 e. The van der Waals surface area contributed by atoms with Crippen LogP contribution in [-0.2, 0) is 19.6 Å². The van der Waals surface area contributed by atoms with Crippen molar-refractivity contribution in [3.63, 3.8) is 0 Å². The fraction of sp³-hybridized carbons (Fsp3) is 0.684. The molecule has 0 saturated carbocycles. The third kappa shape index (κ3) is 5.27. The molecule has 0 N–H and O–H groups in total. The van der Waals surface area contributed by atoms with Gasteiger partial charge in [0.2, 0.25) is 0 Å². The van der Waals surface area contributed by atoms with Gasteiger partial charge >= 0.3 is 5.97 Å². The summed E-state index contributed by atoms with van der Waals surface area (Å²) in [6.45, 7) is 10.2. The van der Waals surface area contributed by atoms with Gasteiger partial charge in [0.15, 0.2) is 5.03 Å². The summed E-state index contributed by atoms with van der Waals surface area (Å²) in [6, 6.07) is 3.31. The number of hydrogen-bond acceptors (Lipinski definition) is 5. The third-order valence-electron chi connectivity index (χ3n) is 4.71. The third-order valence-corrected chi connectivity index (χ3v) is 6.52. The molecule has 2 heterocycles. The van der Waals surface area contributed by atoms with Gasteiger partial charge in [-0.1, -0.05) is 13.0 Å². The quantitative estimate of drug-likeness (QED) is 0.748. The highest BCUT2D eigenvalue weighted by molar-refractivity contribution is 7.89. The lowest BCUT2D eigenvalue weighted by Crippen LogP contribution is -2.34. The molecule has 2 atom stereocenters. The molecule has 1 aliphatic heterocycles. The molecule has 1 aliphatic rings. The molecule has 0 aliphatic carbocycles. The predicted molar refractivity (Wildman–Crippen MR) is 100 cm³/mol. The summed E-state index contributed by atoms with van der Waals surface area (Å²) in [6.07, 6.45) is 3.75. The van der Waals surface area contributed by atoms with Crippen LogP contribution in [0, 0.1) is 18.8 Å². The van der Waals surface area contributed by atoms with E-state index in [0.29, 0.717) is 19.5 Å². The minimum absolute atomic E-state index is 0.0849. The molecular weight excluding hydrogens is 352 g/mol. The van der Waals surface area contributed by atoms with Gasteiger partial charge in [0, 0.05) is 19.3 Å². The van der Waals surface area contributed by atoms with Gasteiger partial charge in [-0.3, -0.25) is 4.79 Å². The Hall–Kier alpha value is -1.47. The van der Waals surface area contributed by atoms with Crippen molar-refractivity contribution in [1.82, 2.24) is 9.29 Å². The van der Waals surface area contributed by atoms with Crippen LogP contribution in [0.25, 0.3) is 0 Å². The molecule has 1 saturated heterocycles. The average Bonchev–Trinajstić information content (AvgIpc) is 2.79. The van der Waals surface area contributed by atoms with E-state index in [1.807, 2.05) is 34.6 Å². The highest BCUT2D eigenvalue weighted by Gasteiger charge is 2.33. The predicted octanol–water partition coefficient (Wildman–Crippen LogP) is 3.16. The van der Waals surface area contributed by atoms with E-state index >= 15 is 0 Å². The molecule has 0 radical (unpaired) electrons. The molecular formula is C19H30N2O4S. The first-order valence-electron chi connectivity index (χ1n) is 9.16. The number of pyridine rings is 1. The molecule has 1 aromatic rings. The van der Waals surface area contributed by atoms with E-state index in [2.05, 4.69) is 4.98 Å². The number of aromatic nitrogens is 1. The number of aryl methyl sites for hydroxylation is 1.